The normalized spacial score (nSPS) is 14.7. The summed E-state index contributed by atoms with van der Waals surface area (Å²) in [7, 11) is 1.61. The fourth-order valence-corrected chi connectivity index (χ4v) is 4.25. The summed E-state index contributed by atoms with van der Waals surface area (Å²) >= 11 is 0. The van der Waals surface area contributed by atoms with Crippen LogP contribution in [0.15, 0.2) is 85.2 Å². The Balaban J connectivity index is 1.25. The minimum Gasteiger partial charge on any atom is -0.497 e. The van der Waals surface area contributed by atoms with Gasteiger partial charge in [0.1, 0.15) is 11.5 Å². The van der Waals surface area contributed by atoms with Crippen LogP contribution in [-0.2, 0) is 6.42 Å². The Hall–Kier alpha value is -4.19. The van der Waals surface area contributed by atoms with Gasteiger partial charge >= 0.3 is 6.01 Å². The van der Waals surface area contributed by atoms with Crippen LogP contribution in [0.5, 0.6) is 17.5 Å². The van der Waals surface area contributed by atoms with Gasteiger partial charge in [-0.15, -0.1) is 0 Å². The zero-order valence-corrected chi connectivity index (χ0v) is 18.9. The second-order valence-corrected chi connectivity index (χ2v) is 8.23. The van der Waals surface area contributed by atoms with Crippen molar-refractivity contribution in [2.24, 2.45) is 0 Å². The highest BCUT2D eigenvalue weighted by molar-refractivity contribution is 5.95. The van der Waals surface area contributed by atoms with Gasteiger partial charge in [0.2, 0.25) is 0 Å². The molecule has 6 heteroatoms. The van der Waals surface area contributed by atoms with E-state index in [0.29, 0.717) is 17.1 Å². The second-order valence-electron chi connectivity index (χ2n) is 8.23. The Labute approximate surface area is 198 Å². The van der Waals surface area contributed by atoms with E-state index in [-0.39, 0.29) is 18.0 Å². The average molecular weight is 452 g/mol. The highest BCUT2D eigenvalue weighted by Gasteiger charge is 2.21. The third kappa shape index (κ3) is 4.76. The van der Waals surface area contributed by atoms with Crippen molar-refractivity contribution in [1.29, 1.82) is 0 Å². The van der Waals surface area contributed by atoms with Gasteiger partial charge in [0, 0.05) is 29.6 Å². The predicted molar refractivity (Wildman–Crippen MR) is 130 cm³/mol. The maximum atomic E-state index is 12.9. The summed E-state index contributed by atoms with van der Waals surface area (Å²) in [6.07, 6.45) is 6.52. The molecule has 1 amide bonds. The number of ether oxygens (including phenoxy) is 2. The van der Waals surface area contributed by atoms with Gasteiger partial charge in [-0.2, -0.15) is 0 Å². The molecule has 1 aliphatic carbocycles. The number of carbonyl (C=O) groups excluding carboxylic acids is 1. The fourth-order valence-electron chi connectivity index (χ4n) is 4.25. The van der Waals surface area contributed by atoms with Gasteiger partial charge in [-0.25, -0.2) is 9.97 Å². The molecule has 0 saturated heterocycles. The first-order chi connectivity index (χ1) is 16.7. The Bertz CT molecular complexity index is 1290. The third-order valence-electron chi connectivity index (χ3n) is 6.03. The Kier molecular flexibility index (Phi) is 6.21. The fraction of sp³-hybridized carbons (Fsp3) is 0.179. The summed E-state index contributed by atoms with van der Waals surface area (Å²) < 4.78 is 10.9. The minimum absolute atomic E-state index is 0.0580. The Morgan fingerprint density at radius 3 is 2.47 bits per heavy atom. The zero-order valence-electron chi connectivity index (χ0n) is 18.9. The largest absolute Gasteiger partial charge is 0.497 e. The van der Waals surface area contributed by atoms with E-state index in [0.717, 1.165) is 30.4 Å². The molecule has 0 aliphatic heterocycles. The first kappa shape index (κ1) is 21.6. The molecule has 0 radical (unpaired) electrons. The number of fused-ring (bicyclic) bond motifs is 1. The van der Waals surface area contributed by atoms with E-state index in [1.165, 1.54) is 11.1 Å². The van der Waals surface area contributed by atoms with Crippen LogP contribution in [0.1, 0.15) is 40.4 Å². The molecule has 4 aromatic rings. The van der Waals surface area contributed by atoms with Crippen LogP contribution < -0.4 is 14.8 Å². The van der Waals surface area contributed by atoms with Crippen molar-refractivity contribution in [3.8, 4) is 28.6 Å². The lowest BCUT2D eigenvalue weighted by Crippen LogP contribution is -2.30. The lowest BCUT2D eigenvalue weighted by molar-refractivity contribution is 0.0933. The first-order valence-electron chi connectivity index (χ1n) is 11.3. The molecular formula is C28H25N3O3. The van der Waals surface area contributed by atoms with Crippen molar-refractivity contribution in [3.05, 3.63) is 102 Å². The number of aromatic nitrogens is 2. The summed E-state index contributed by atoms with van der Waals surface area (Å²) in [5.74, 6) is 1.24. The Morgan fingerprint density at radius 2 is 1.68 bits per heavy atom. The number of nitrogens with one attached hydrogen (secondary N) is 1. The first-order valence-corrected chi connectivity index (χ1v) is 11.3. The van der Waals surface area contributed by atoms with E-state index in [1.54, 1.807) is 25.6 Å². The van der Waals surface area contributed by atoms with Gasteiger partial charge in [-0.3, -0.25) is 4.79 Å². The number of rotatable bonds is 6. The van der Waals surface area contributed by atoms with Gasteiger partial charge in [0.25, 0.3) is 5.91 Å². The van der Waals surface area contributed by atoms with Crippen LogP contribution in [0.3, 0.4) is 0 Å². The molecule has 1 heterocycles. The van der Waals surface area contributed by atoms with E-state index < -0.39 is 0 Å². The van der Waals surface area contributed by atoms with Crippen LogP contribution in [0.2, 0.25) is 0 Å². The van der Waals surface area contributed by atoms with Gasteiger partial charge in [0.15, 0.2) is 0 Å². The molecule has 1 N–H and O–H groups in total. The maximum Gasteiger partial charge on any atom is 0.321 e. The van der Waals surface area contributed by atoms with E-state index in [1.807, 2.05) is 48.5 Å². The van der Waals surface area contributed by atoms with Gasteiger partial charge < -0.3 is 14.8 Å². The standard InChI is InChI=1S/C28H25N3O3/c1-33-23-8-5-9-24(16-23)34-28-29-17-22(18-30-28)19-12-14-21(15-13-19)27(32)31-26-11-4-7-20-6-2-3-10-25(20)26/h2-3,5-6,8-10,12-18,26H,4,7,11H2,1H3,(H,31,32)/t26-/m0/s1. The third-order valence-corrected chi connectivity index (χ3v) is 6.03. The monoisotopic (exact) mass is 451 g/mol. The lowest BCUT2D eigenvalue weighted by Gasteiger charge is -2.26. The average Bonchev–Trinajstić information content (AvgIpc) is 2.89. The molecule has 5 rings (SSSR count). The smallest absolute Gasteiger partial charge is 0.321 e. The number of methoxy groups -OCH3 is 1. The molecule has 1 aromatic heterocycles. The van der Waals surface area contributed by atoms with Crippen molar-refractivity contribution in [2.75, 3.05) is 7.11 Å². The van der Waals surface area contributed by atoms with Crippen molar-refractivity contribution >= 4 is 5.91 Å². The summed E-state index contributed by atoms with van der Waals surface area (Å²) in [5.41, 5.74) is 4.95. The highest BCUT2D eigenvalue weighted by Crippen LogP contribution is 2.30. The molecule has 0 fully saturated rings. The van der Waals surface area contributed by atoms with Gasteiger partial charge in [0.05, 0.1) is 13.2 Å². The van der Waals surface area contributed by atoms with Crippen molar-refractivity contribution in [1.82, 2.24) is 15.3 Å². The minimum atomic E-state index is -0.0634. The predicted octanol–water partition coefficient (Wildman–Crippen LogP) is 5.75. The van der Waals surface area contributed by atoms with Crippen LogP contribution >= 0.6 is 0 Å². The van der Waals surface area contributed by atoms with Crippen LogP contribution in [0, 0.1) is 0 Å². The molecule has 1 atom stereocenters. The molecule has 0 spiro atoms. The number of nitrogens with zero attached hydrogens (tertiary/aromatic N) is 2. The lowest BCUT2D eigenvalue weighted by atomic mass is 9.87. The highest BCUT2D eigenvalue weighted by atomic mass is 16.5. The molecule has 0 bridgehead atoms. The molecule has 1 aliphatic rings. The number of hydrogen-bond donors (Lipinski definition) is 1. The van der Waals surface area contributed by atoms with Gasteiger partial charge in [-0.1, -0.05) is 42.5 Å². The molecule has 3 aromatic carbocycles. The number of benzene rings is 3. The SMILES string of the molecule is COc1cccc(Oc2ncc(-c3ccc(C(=O)N[C@H]4CCCc5ccccc54)cc3)cn2)c1. The maximum absolute atomic E-state index is 12.9. The summed E-state index contributed by atoms with van der Waals surface area (Å²) in [6.45, 7) is 0. The Morgan fingerprint density at radius 1 is 0.912 bits per heavy atom. The van der Waals surface area contributed by atoms with E-state index in [2.05, 4.69) is 33.5 Å². The van der Waals surface area contributed by atoms with E-state index in [4.69, 9.17) is 9.47 Å². The van der Waals surface area contributed by atoms with Crippen LogP contribution in [0.25, 0.3) is 11.1 Å². The van der Waals surface area contributed by atoms with Crippen LogP contribution in [-0.4, -0.2) is 23.0 Å². The summed E-state index contributed by atoms with van der Waals surface area (Å²) in [4.78, 5) is 21.5. The molecule has 6 nitrogen and oxygen atoms in total. The molecule has 170 valence electrons. The molecule has 0 saturated carbocycles. The number of hydrogen-bond acceptors (Lipinski definition) is 5. The van der Waals surface area contributed by atoms with E-state index in [9.17, 15) is 4.79 Å². The van der Waals surface area contributed by atoms with E-state index >= 15 is 0 Å². The van der Waals surface area contributed by atoms with Crippen LogP contribution in [0.4, 0.5) is 0 Å². The quantitative estimate of drug-likeness (QED) is 0.404. The summed E-state index contributed by atoms with van der Waals surface area (Å²) in [5, 5.41) is 3.20. The topological polar surface area (TPSA) is 73.3 Å². The molecule has 0 unspecified atom stereocenters. The number of amides is 1. The van der Waals surface area contributed by atoms with Gasteiger partial charge in [-0.05, 0) is 60.2 Å². The molecular weight excluding hydrogens is 426 g/mol. The molecule has 34 heavy (non-hydrogen) atoms. The number of aryl methyl sites for hydroxylation is 1. The van der Waals surface area contributed by atoms with Crippen molar-refractivity contribution in [2.45, 2.75) is 25.3 Å². The second kappa shape index (κ2) is 9.75. The van der Waals surface area contributed by atoms with Crippen molar-refractivity contribution < 1.29 is 14.3 Å². The number of carbonyl (C=O) groups is 1. The summed E-state index contributed by atoms with van der Waals surface area (Å²) in [6, 6.07) is 23.4. The van der Waals surface area contributed by atoms with Crippen molar-refractivity contribution in [3.63, 3.8) is 0 Å². The zero-order chi connectivity index (χ0) is 23.3.